The highest BCUT2D eigenvalue weighted by Crippen LogP contribution is 2.29. The van der Waals surface area contributed by atoms with Gasteiger partial charge in [-0.2, -0.15) is 0 Å². The number of aromatic nitrogens is 2. The number of nitrogens with one attached hydrogen (secondary N) is 1. The highest BCUT2D eigenvalue weighted by atomic mass is 32.1. The van der Waals surface area contributed by atoms with E-state index in [9.17, 15) is 0 Å². The molecule has 0 bridgehead atoms. The molecule has 3 aromatic rings. The number of hydrogen-bond acceptors (Lipinski definition) is 4. The van der Waals surface area contributed by atoms with Crippen molar-refractivity contribution in [1.82, 2.24) is 14.9 Å². The molecule has 1 N–H and O–H groups in total. The Balaban J connectivity index is 1.49. The van der Waals surface area contributed by atoms with Crippen LogP contribution < -0.4 is 0 Å². The Kier molecular flexibility index (Phi) is 4.08. The van der Waals surface area contributed by atoms with Crippen molar-refractivity contribution >= 4 is 23.6 Å². The first-order valence-electron chi connectivity index (χ1n) is 7.71. The highest BCUT2D eigenvalue weighted by molar-refractivity contribution is 7.71. The molecular formula is C18H17N3S2. The predicted molar refractivity (Wildman–Crippen MR) is 97.0 cm³/mol. The SMILES string of the molecule is S=c1ncc2c([nH]1)CN(Cc1ccc(-c3ccccc3)s1)CC2. The van der Waals surface area contributed by atoms with Crippen molar-refractivity contribution in [3.05, 3.63) is 69.6 Å². The van der Waals surface area contributed by atoms with Crippen LogP contribution in [0.15, 0.2) is 48.7 Å². The lowest BCUT2D eigenvalue weighted by molar-refractivity contribution is 0.243. The number of nitrogens with zero attached hydrogens (tertiary/aromatic N) is 2. The average Bonchev–Trinajstić information content (AvgIpc) is 3.04. The third-order valence-electron chi connectivity index (χ3n) is 4.16. The van der Waals surface area contributed by atoms with Crippen molar-refractivity contribution in [2.75, 3.05) is 6.54 Å². The van der Waals surface area contributed by atoms with Gasteiger partial charge in [0, 0.05) is 41.3 Å². The van der Waals surface area contributed by atoms with Gasteiger partial charge in [0.25, 0.3) is 0 Å². The Bertz CT molecular complexity index is 867. The lowest BCUT2D eigenvalue weighted by Gasteiger charge is -2.27. The zero-order chi connectivity index (χ0) is 15.6. The molecule has 23 heavy (non-hydrogen) atoms. The number of benzene rings is 1. The summed E-state index contributed by atoms with van der Waals surface area (Å²) in [5.74, 6) is 0. The third-order valence-corrected chi connectivity index (χ3v) is 5.49. The minimum absolute atomic E-state index is 0.577. The molecule has 0 unspecified atom stereocenters. The van der Waals surface area contributed by atoms with Crippen molar-refractivity contribution in [2.45, 2.75) is 19.5 Å². The maximum atomic E-state index is 5.14. The molecule has 0 amide bonds. The number of hydrogen-bond donors (Lipinski definition) is 1. The Morgan fingerprint density at radius 2 is 2.04 bits per heavy atom. The summed E-state index contributed by atoms with van der Waals surface area (Å²) in [6, 6.07) is 15.0. The zero-order valence-corrected chi connectivity index (χ0v) is 14.3. The van der Waals surface area contributed by atoms with Gasteiger partial charge in [0.1, 0.15) is 0 Å². The third kappa shape index (κ3) is 3.27. The Morgan fingerprint density at radius 3 is 2.91 bits per heavy atom. The smallest absolute Gasteiger partial charge is 0.196 e. The monoisotopic (exact) mass is 339 g/mol. The molecule has 0 spiro atoms. The summed E-state index contributed by atoms with van der Waals surface area (Å²) in [6.45, 7) is 2.97. The minimum Gasteiger partial charge on any atom is -0.333 e. The zero-order valence-electron chi connectivity index (χ0n) is 12.7. The molecule has 1 aliphatic heterocycles. The van der Waals surface area contributed by atoms with Gasteiger partial charge >= 0.3 is 0 Å². The van der Waals surface area contributed by atoms with Crippen LogP contribution in [-0.4, -0.2) is 21.4 Å². The molecule has 3 heterocycles. The van der Waals surface area contributed by atoms with Crippen LogP contribution in [0.25, 0.3) is 10.4 Å². The molecule has 1 aromatic carbocycles. The van der Waals surface area contributed by atoms with Gasteiger partial charge in [0.15, 0.2) is 4.77 Å². The molecule has 0 atom stereocenters. The molecule has 0 saturated carbocycles. The van der Waals surface area contributed by atoms with Crippen LogP contribution in [0.4, 0.5) is 0 Å². The molecule has 2 aromatic heterocycles. The van der Waals surface area contributed by atoms with Gasteiger partial charge in [-0.25, -0.2) is 4.98 Å². The van der Waals surface area contributed by atoms with E-state index in [1.54, 1.807) is 0 Å². The van der Waals surface area contributed by atoms with E-state index in [-0.39, 0.29) is 0 Å². The fourth-order valence-corrected chi connectivity index (χ4v) is 4.20. The van der Waals surface area contributed by atoms with Crippen molar-refractivity contribution < 1.29 is 0 Å². The van der Waals surface area contributed by atoms with Gasteiger partial charge in [-0.1, -0.05) is 30.3 Å². The normalized spacial score (nSPS) is 14.6. The van der Waals surface area contributed by atoms with Gasteiger partial charge in [-0.15, -0.1) is 11.3 Å². The number of thiophene rings is 1. The molecular weight excluding hydrogens is 322 g/mol. The van der Waals surface area contributed by atoms with Crippen LogP contribution >= 0.6 is 23.6 Å². The average molecular weight is 339 g/mol. The summed E-state index contributed by atoms with van der Waals surface area (Å²) in [7, 11) is 0. The molecule has 1 aliphatic rings. The molecule has 116 valence electrons. The standard InChI is InChI=1S/C18H17N3S2/c22-18-19-10-14-8-9-21(12-16(14)20-18)11-15-6-7-17(23-15)13-4-2-1-3-5-13/h1-7,10H,8-9,11-12H2,(H,19,20,22). The predicted octanol–water partition coefficient (Wildman–Crippen LogP) is 4.43. The van der Waals surface area contributed by atoms with Crippen molar-refractivity contribution in [3.8, 4) is 10.4 Å². The summed E-state index contributed by atoms with van der Waals surface area (Å²) >= 11 is 7.02. The molecule has 4 rings (SSSR count). The lowest BCUT2D eigenvalue weighted by atomic mass is 10.1. The highest BCUT2D eigenvalue weighted by Gasteiger charge is 2.17. The Labute approximate surface area is 144 Å². The van der Waals surface area contributed by atoms with Crippen LogP contribution in [0.2, 0.25) is 0 Å². The van der Waals surface area contributed by atoms with Crippen LogP contribution in [0.1, 0.15) is 16.1 Å². The second-order valence-corrected chi connectivity index (χ2v) is 7.34. The summed E-state index contributed by atoms with van der Waals surface area (Å²) in [5.41, 5.74) is 3.81. The first-order chi connectivity index (χ1) is 11.3. The van der Waals surface area contributed by atoms with Crippen LogP contribution in [0, 0.1) is 4.77 Å². The summed E-state index contributed by atoms with van der Waals surface area (Å²) in [5, 5.41) is 0. The van der Waals surface area contributed by atoms with Gasteiger partial charge < -0.3 is 4.98 Å². The van der Waals surface area contributed by atoms with E-state index in [1.165, 1.54) is 26.6 Å². The maximum Gasteiger partial charge on any atom is 0.196 e. The minimum atomic E-state index is 0.577. The van der Waals surface area contributed by atoms with Crippen molar-refractivity contribution in [1.29, 1.82) is 0 Å². The number of rotatable bonds is 3. The number of aromatic amines is 1. The van der Waals surface area contributed by atoms with Gasteiger partial charge in [-0.05, 0) is 41.9 Å². The molecule has 0 fully saturated rings. The number of fused-ring (bicyclic) bond motifs is 1. The Morgan fingerprint density at radius 1 is 1.17 bits per heavy atom. The fourth-order valence-electron chi connectivity index (χ4n) is 2.97. The van der Waals surface area contributed by atoms with E-state index < -0.39 is 0 Å². The van der Waals surface area contributed by atoms with Gasteiger partial charge in [0.2, 0.25) is 0 Å². The quantitative estimate of drug-likeness (QED) is 0.717. The van der Waals surface area contributed by atoms with Gasteiger partial charge in [-0.3, -0.25) is 4.90 Å². The fraction of sp³-hybridized carbons (Fsp3) is 0.222. The van der Waals surface area contributed by atoms with Crippen molar-refractivity contribution in [3.63, 3.8) is 0 Å². The Hall–Kier alpha value is -1.82. The van der Waals surface area contributed by atoms with Crippen LogP contribution in [-0.2, 0) is 19.5 Å². The summed E-state index contributed by atoms with van der Waals surface area (Å²) in [6.07, 6.45) is 2.95. The second-order valence-electron chi connectivity index (χ2n) is 5.78. The van der Waals surface area contributed by atoms with E-state index in [1.807, 2.05) is 17.5 Å². The van der Waals surface area contributed by atoms with E-state index in [0.29, 0.717) is 4.77 Å². The molecule has 0 aliphatic carbocycles. The first-order valence-corrected chi connectivity index (χ1v) is 8.94. The first kappa shape index (κ1) is 14.8. The van der Waals surface area contributed by atoms with Crippen LogP contribution in [0.5, 0.6) is 0 Å². The van der Waals surface area contributed by atoms with E-state index in [2.05, 4.69) is 57.3 Å². The largest absolute Gasteiger partial charge is 0.333 e. The summed E-state index contributed by atoms with van der Waals surface area (Å²) < 4.78 is 0.577. The van der Waals surface area contributed by atoms with Crippen molar-refractivity contribution in [2.24, 2.45) is 0 Å². The lowest BCUT2D eigenvalue weighted by Crippen LogP contribution is -2.30. The van der Waals surface area contributed by atoms with Crippen LogP contribution in [0.3, 0.4) is 0 Å². The van der Waals surface area contributed by atoms with E-state index in [4.69, 9.17) is 12.2 Å². The molecule has 0 radical (unpaired) electrons. The topological polar surface area (TPSA) is 31.9 Å². The summed E-state index contributed by atoms with van der Waals surface area (Å²) in [4.78, 5) is 12.6. The molecule has 5 heteroatoms. The van der Waals surface area contributed by atoms with E-state index >= 15 is 0 Å². The van der Waals surface area contributed by atoms with E-state index in [0.717, 1.165) is 26.1 Å². The van der Waals surface area contributed by atoms with Gasteiger partial charge in [0.05, 0.1) is 0 Å². The molecule has 0 saturated heterocycles. The molecule has 3 nitrogen and oxygen atoms in total. The number of H-pyrrole nitrogens is 1. The second kappa shape index (κ2) is 6.35. The maximum absolute atomic E-state index is 5.14.